The van der Waals surface area contributed by atoms with Gasteiger partial charge in [0.05, 0.1) is 5.39 Å². The Kier molecular flexibility index (Phi) is 3.37. The second-order valence-electron chi connectivity index (χ2n) is 6.13. The fraction of sp³-hybridized carbons (Fsp3) is 0.353. The van der Waals surface area contributed by atoms with Crippen LogP contribution in [0.2, 0.25) is 0 Å². The summed E-state index contributed by atoms with van der Waals surface area (Å²) in [4.78, 5) is 21.1. The minimum atomic E-state index is 0.439. The van der Waals surface area contributed by atoms with Crippen LogP contribution in [0.15, 0.2) is 36.9 Å². The van der Waals surface area contributed by atoms with E-state index >= 15 is 0 Å². The van der Waals surface area contributed by atoms with Crippen LogP contribution in [0.25, 0.3) is 11.0 Å². The van der Waals surface area contributed by atoms with Crippen LogP contribution in [0.5, 0.6) is 0 Å². The Morgan fingerprint density at radius 3 is 2.96 bits per heavy atom. The van der Waals surface area contributed by atoms with Crippen molar-refractivity contribution in [2.75, 3.05) is 29.9 Å². The molecule has 0 unspecified atom stereocenters. The minimum absolute atomic E-state index is 0.439. The highest BCUT2D eigenvalue weighted by Gasteiger charge is 2.28. The zero-order chi connectivity index (χ0) is 15.8. The summed E-state index contributed by atoms with van der Waals surface area (Å²) in [5.41, 5.74) is 2.08. The number of hydrogen-bond donors (Lipinski definition) is 1. The quantitative estimate of drug-likeness (QED) is 0.805. The van der Waals surface area contributed by atoms with Crippen LogP contribution in [0, 0.1) is 6.92 Å². The van der Waals surface area contributed by atoms with Crippen molar-refractivity contribution in [2.45, 2.75) is 19.4 Å². The molecule has 1 atom stereocenters. The van der Waals surface area contributed by atoms with E-state index in [1.165, 1.54) is 5.56 Å². The molecule has 1 aliphatic rings. The van der Waals surface area contributed by atoms with Gasteiger partial charge in [-0.3, -0.25) is 0 Å². The van der Waals surface area contributed by atoms with E-state index < -0.39 is 0 Å². The van der Waals surface area contributed by atoms with Crippen molar-refractivity contribution in [3.63, 3.8) is 0 Å². The van der Waals surface area contributed by atoms with Gasteiger partial charge in [-0.25, -0.2) is 15.0 Å². The maximum Gasteiger partial charge on any atom is 0.142 e. The maximum absolute atomic E-state index is 4.54. The number of aromatic amines is 1. The van der Waals surface area contributed by atoms with Crippen molar-refractivity contribution in [1.82, 2.24) is 19.9 Å². The zero-order valence-electron chi connectivity index (χ0n) is 13.4. The highest BCUT2D eigenvalue weighted by Crippen LogP contribution is 2.27. The third kappa shape index (κ3) is 2.50. The number of likely N-dealkylation sites (N-methyl/N-ethyl adjacent to an activating group) is 1. The fourth-order valence-corrected chi connectivity index (χ4v) is 3.22. The Labute approximate surface area is 135 Å². The third-order valence-electron chi connectivity index (χ3n) is 4.60. The van der Waals surface area contributed by atoms with Crippen molar-refractivity contribution in [3.05, 3.63) is 42.5 Å². The van der Waals surface area contributed by atoms with Crippen LogP contribution in [0.4, 0.5) is 11.6 Å². The van der Waals surface area contributed by atoms with Crippen molar-refractivity contribution < 1.29 is 0 Å². The highest BCUT2D eigenvalue weighted by atomic mass is 15.3. The second kappa shape index (κ2) is 5.53. The van der Waals surface area contributed by atoms with Crippen molar-refractivity contribution in [3.8, 4) is 0 Å². The first-order valence-corrected chi connectivity index (χ1v) is 7.91. The SMILES string of the molecule is Cc1ccc(N(C)[C@@H]2CCN(c3ncnc4[nH]ccc34)C2)nc1. The molecule has 0 aliphatic carbocycles. The van der Waals surface area contributed by atoms with Gasteiger partial charge in [0.2, 0.25) is 0 Å². The molecule has 6 heteroatoms. The molecule has 1 fully saturated rings. The van der Waals surface area contributed by atoms with Gasteiger partial charge in [-0.15, -0.1) is 0 Å². The van der Waals surface area contributed by atoms with Gasteiger partial charge in [-0.05, 0) is 31.0 Å². The Morgan fingerprint density at radius 1 is 1.22 bits per heavy atom. The molecule has 23 heavy (non-hydrogen) atoms. The molecule has 4 rings (SSSR count). The average Bonchev–Trinajstić information content (AvgIpc) is 3.24. The molecule has 3 aromatic rings. The highest BCUT2D eigenvalue weighted by molar-refractivity contribution is 5.87. The molecule has 1 saturated heterocycles. The first kappa shape index (κ1) is 14.0. The predicted octanol–water partition coefficient (Wildman–Crippen LogP) is 2.38. The summed E-state index contributed by atoms with van der Waals surface area (Å²) in [5.74, 6) is 2.04. The standard InChI is InChI=1S/C17H20N6/c1-12-3-4-15(19-9-12)22(2)13-6-8-23(10-13)17-14-5-7-18-16(14)20-11-21-17/h3-5,7,9,11,13H,6,8,10H2,1-2H3,(H,18,20,21)/t13-/m1/s1. The van der Waals surface area contributed by atoms with Crippen LogP contribution < -0.4 is 9.80 Å². The van der Waals surface area contributed by atoms with E-state index in [1.807, 2.05) is 18.5 Å². The Bertz CT molecular complexity index is 809. The van der Waals surface area contributed by atoms with Crippen LogP contribution in [-0.4, -0.2) is 46.1 Å². The number of pyridine rings is 1. The molecule has 0 radical (unpaired) electrons. The van der Waals surface area contributed by atoms with Gasteiger partial charge in [0, 0.05) is 38.6 Å². The number of rotatable bonds is 3. The molecule has 0 aromatic carbocycles. The normalized spacial score (nSPS) is 17.8. The lowest BCUT2D eigenvalue weighted by Crippen LogP contribution is -2.35. The summed E-state index contributed by atoms with van der Waals surface area (Å²) in [6, 6.07) is 6.68. The lowest BCUT2D eigenvalue weighted by Gasteiger charge is -2.26. The number of aromatic nitrogens is 4. The summed E-state index contributed by atoms with van der Waals surface area (Å²) in [6.45, 7) is 4.01. The minimum Gasteiger partial charge on any atom is -0.355 e. The number of aryl methyl sites for hydroxylation is 1. The van der Waals surface area contributed by atoms with E-state index in [0.717, 1.165) is 42.2 Å². The molecule has 0 amide bonds. The molecule has 118 valence electrons. The summed E-state index contributed by atoms with van der Waals surface area (Å²) in [5, 5.41) is 1.09. The van der Waals surface area contributed by atoms with Gasteiger partial charge in [0.1, 0.15) is 23.6 Å². The van der Waals surface area contributed by atoms with Crippen molar-refractivity contribution in [1.29, 1.82) is 0 Å². The molecule has 1 aliphatic heterocycles. The van der Waals surface area contributed by atoms with E-state index in [0.29, 0.717) is 6.04 Å². The molecule has 0 saturated carbocycles. The summed E-state index contributed by atoms with van der Waals surface area (Å²) in [7, 11) is 2.12. The molecule has 4 heterocycles. The van der Waals surface area contributed by atoms with Crippen LogP contribution in [0.3, 0.4) is 0 Å². The average molecular weight is 308 g/mol. The molecule has 0 bridgehead atoms. The number of nitrogens with zero attached hydrogens (tertiary/aromatic N) is 5. The smallest absolute Gasteiger partial charge is 0.142 e. The summed E-state index contributed by atoms with van der Waals surface area (Å²) >= 11 is 0. The Balaban J connectivity index is 1.55. The van der Waals surface area contributed by atoms with Gasteiger partial charge in [0.25, 0.3) is 0 Å². The van der Waals surface area contributed by atoms with Gasteiger partial charge < -0.3 is 14.8 Å². The Hall–Kier alpha value is -2.63. The van der Waals surface area contributed by atoms with E-state index in [4.69, 9.17) is 0 Å². The fourth-order valence-electron chi connectivity index (χ4n) is 3.22. The van der Waals surface area contributed by atoms with Crippen LogP contribution in [-0.2, 0) is 0 Å². The maximum atomic E-state index is 4.54. The van der Waals surface area contributed by atoms with Crippen molar-refractivity contribution >= 4 is 22.7 Å². The number of fused-ring (bicyclic) bond motifs is 1. The van der Waals surface area contributed by atoms with Gasteiger partial charge in [-0.2, -0.15) is 0 Å². The topological polar surface area (TPSA) is 60.9 Å². The molecular weight excluding hydrogens is 288 g/mol. The van der Waals surface area contributed by atoms with E-state index in [-0.39, 0.29) is 0 Å². The molecule has 1 N–H and O–H groups in total. The van der Waals surface area contributed by atoms with Crippen LogP contribution >= 0.6 is 0 Å². The summed E-state index contributed by atoms with van der Waals surface area (Å²) < 4.78 is 0. The number of anilines is 2. The largest absolute Gasteiger partial charge is 0.355 e. The molecule has 6 nitrogen and oxygen atoms in total. The van der Waals surface area contributed by atoms with Gasteiger partial charge in [-0.1, -0.05) is 6.07 Å². The molecule has 0 spiro atoms. The zero-order valence-corrected chi connectivity index (χ0v) is 13.4. The van der Waals surface area contributed by atoms with Gasteiger partial charge >= 0.3 is 0 Å². The number of nitrogens with one attached hydrogen (secondary N) is 1. The lowest BCUT2D eigenvalue weighted by molar-refractivity contribution is 0.684. The van der Waals surface area contributed by atoms with Gasteiger partial charge in [0.15, 0.2) is 0 Å². The number of H-pyrrole nitrogens is 1. The third-order valence-corrected chi connectivity index (χ3v) is 4.60. The van der Waals surface area contributed by atoms with Crippen LogP contribution in [0.1, 0.15) is 12.0 Å². The monoisotopic (exact) mass is 308 g/mol. The first-order chi connectivity index (χ1) is 11.2. The van der Waals surface area contributed by atoms with Crippen molar-refractivity contribution in [2.24, 2.45) is 0 Å². The predicted molar refractivity (Wildman–Crippen MR) is 91.9 cm³/mol. The summed E-state index contributed by atoms with van der Waals surface area (Å²) in [6.07, 6.45) is 6.57. The second-order valence-corrected chi connectivity index (χ2v) is 6.13. The van der Waals surface area contributed by atoms with E-state index in [1.54, 1.807) is 6.33 Å². The molecule has 3 aromatic heterocycles. The Morgan fingerprint density at radius 2 is 2.13 bits per heavy atom. The van der Waals surface area contributed by atoms with E-state index in [2.05, 4.69) is 55.8 Å². The number of hydrogen-bond acceptors (Lipinski definition) is 5. The van der Waals surface area contributed by atoms with E-state index in [9.17, 15) is 0 Å². The lowest BCUT2D eigenvalue weighted by atomic mass is 10.2. The molecular formula is C17H20N6. The first-order valence-electron chi connectivity index (χ1n) is 7.91.